The minimum Gasteiger partial charge on any atom is -0.370 e. The van der Waals surface area contributed by atoms with E-state index in [1.54, 1.807) is 0 Å². The Morgan fingerprint density at radius 1 is 1.25 bits per heavy atom. The summed E-state index contributed by atoms with van der Waals surface area (Å²) in [4.78, 5) is 5.44. The van der Waals surface area contributed by atoms with E-state index >= 15 is 0 Å². The number of nitrogens with one attached hydrogen (secondary N) is 1. The second-order valence-electron chi connectivity index (χ2n) is 4.87. The van der Waals surface area contributed by atoms with Crippen LogP contribution in [-0.4, -0.2) is 5.96 Å². The third-order valence-electron chi connectivity index (χ3n) is 3.40. The lowest BCUT2D eigenvalue weighted by Crippen LogP contribution is -2.22. The Morgan fingerprint density at radius 2 is 2.10 bits per heavy atom. The molecule has 1 aromatic heterocycles. The van der Waals surface area contributed by atoms with E-state index in [1.807, 2.05) is 12.1 Å². The molecule has 0 bridgehead atoms. The van der Waals surface area contributed by atoms with Gasteiger partial charge in [-0.2, -0.15) is 0 Å². The van der Waals surface area contributed by atoms with Gasteiger partial charge in [-0.25, -0.2) is 4.99 Å². The number of rotatable bonds is 3. The summed E-state index contributed by atoms with van der Waals surface area (Å²) in [6.07, 6.45) is 3.61. The maximum absolute atomic E-state index is 5.92. The molecule has 0 unspecified atom stereocenters. The molecule has 0 fully saturated rings. The van der Waals surface area contributed by atoms with Crippen LogP contribution in [0, 0.1) is 0 Å². The fourth-order valence-corrected chi connectivity index (χ4v) is 3.45. The van der Waals surface area contributed by atoms with Crippen molar-refractivity contribution in [3.8, 4) is 0 Å². The van der Waals surface area contributed by atoms with Crippen molar-refractivity contribution in [2.75, 3.05) is 5.32 Å². The summed E-state index contributed by atoms with van der Waals surface area (Å²) in [7, 11) is 0. The highest BCUT2D eigenvalue weighted by atomic mass is 35.5. The Hall–Kier alpha value is -1.52. The standard InChI is InChI=1S/C15H16ClN3S/c16-14-7-6-13(20-14)9-18-15(17)19-12-5-4-10-2-1-3-11(10)8-12/h4-8H,1-3,9H2,(H3,17,18,19). The number of hydrogen-bond acceptors (Lipinski definition) is 2. The molecule has 104 valence electrons. The number of aliphatic imine (C=N–C) groups is 1. The number of nitrogens with two attached hydrogens (primary N) is 1. The van der Waals surface area contributed by atoms with E-state index in [1.165, 1.54) is 35.3 Å². The summed E-state index contributed by atoms with van der Waals surface area (Å²) in [5.41, 5.74) is 9.81. The number of aryl methyl sites for hydroxylation is 2. The summed E-state index contributed by atoms with van der Waals surface area (Å²) in [6, 6.07) is 10.3. The van der Waals surface area contributed by atoms with Crippen LogP contribution < -0.4 is 11.1 Å². The molecule has 1 aromatic carbocycles. The molecule has 0 atom stereocenters. The van der Waals surface area contributed by atoms with Crippen molar-refractivity contribution in [1.82, 2.24) is 0 Å². The Balaban J connectivity index is 1.64. The van der Waals surface area contributed by atoms with Crippen molar-refractivity contribution in [3.05, 3.63) is 50.7 Å². The van der Waals surface area contributed by atoms with Crippen molar-refractivity contribution in [2.24, 2.45) is 10.7 Å². The molecule has 0 radical (unpaired) electrons. The quantitative estimate of drug-likeness (QED) is 0.669. The normalized spacial score (nSPS) is 14.3. The lowest BCUT2D eigenvalue weighted by molar-refractivity contribution is 0.912. The van der Waals surface area contributed by atoms with Crippen LogP contribution in [0.3, 0.4) is 0 Å². The highest BCUT2D eigenvalue weighted by Gasteiger charge is 2.10. The first-order valence-corrected chi connectivity index (χ1v) is 7.83. The highest BCUT2D eigenvalue weighted by Crippen LogP contribution is 2.25. The maximum Gasteiger partial charge on any atom is 0.193 e. The molecule has 1 aliphatic rings. The van der Waals surface area contributed by atoms with Gasteiger partial charge in [0.1, 0.15) is 0 Å². The monoisotopic (exact) mass is 305 g/mol. The number of benzene rings is 1. The number of halogens is 1. The third-order valence-corrected chi connectivity index (χ3v) is 4.62. The summed E-state index contributed by atoms with van der Waals surface area (Å²) >= 11 is 7.41. The first-order chi connectivity index (χ1) is 9.70. The van der Waals surface area contributed by atoms with Gasteiger partial charge in [0, 0.05) is 10.6 Å². The van der Waals surface area contributed by atoms with Gasteiger partial charge >= 0.3 is 0 Å². The largest absolute Gasteiger partial charge is 0.370 e. The molecule has 3 N–H and O–H groups in total. The summed E-state index contributed by atoms with van der Waals surface area (Å²) in [5, 5.41) is 3.15. The molecule has 1 aliphatic carbocycles. The first-order valence-electron chi connectivity index (χ1n) is 6.64. The van der Waals surface area contributed by atoms with Gasteiger partial charge in [0.15, 0.2) is 5.96 Å². The number of anilines is 1. The molecule has 20 heavy (non-hydrogen) atoms. The Kier molecular flexibility index (Phi) is 3.94. The molecular formula is C15H16ClN3S. The van der Waals surface area contributed by atoms with Crippen LogP contribution in [0.15, 0.2) is 35.3 Å². The average molecular weight is 306 g/mol. The number of hydrogen-bond donors (Lipinski definition) is 2. The lowest BCUT2D eigenvalue weighted by atomic mass is 10.1. The zero-order chi connectivity index (χ0) is 13.9. The van der Waals surface area contributed by atoms with Crippen molar-refractivity contribution >= 4 is 34.6 Å². The predicted octanol–water partition coefficient (Wildman–Crippen LogP) is 3.82. The van der Waals surface area contributed by atoms with E-state index < -0.39 is 0 Å². The Morgan fingerprint density at radius 3 is 2.90 bits per heavy atom. The molecule has 0 saturated carbocycles. The molecule has 5 heteroatoms. The van der Waals surface area contributed by atoms with Crippen molar-refractivity contribution < 1.29 is 0 Å². The van der Waals surface area contributed by atoms with E-state index in [0.717, 1.165) is 21.3 Å². The van der Waals surface area contributed by atoms with Gasteiger partial charge < -0.3 is 11.1 Å². The summed E-state index contributed by atoms with van der Waals surface area (Å²) in [5.74, 6) is 0.437. The maximum atomic E-state index is 5.92. The van der Waals surface area contributed by atoms with Gasteiger partial charge in [-0.15, -0.1) is 11.3 Å². The van der Waals surface area contributed by atoms with Crippen LogP contribution in [0.2, 0.25) is 4.34 Å². The molecule has 1 heterocycles. The van der Waals surface area contributed by atoms with Crippen molar-refractivity contribution in [3.63, 3.8) is 0 Å². The van der Waals surface area contributed by atoms with Gasteiger partial charge in [0.2, 0.25) is 0 Å². The van der Waals surface area contributed by atoms with Crippen LogP contribution in [0.4, 0.5) is 5.69 Å². The number of fused-ring (bicyclic) bond motifs is 1. The van der Waals surface area contributed by atoms with Crippen LogP contribution >= 0.6 is 22.9 Å². The van der Waals surface area contributed by atoms with E-state index in [9.17, 15) is 0 Å². The third kappa shape index (κ3) is 3.14. The van der Waals surface area contributed by atoms with Gasteiger partial charge in [-0.3, -0.25) is 0 Å². The van der Waals surface area contributed by atoms with Crippen LogP contribution in [0.1, 0.15) is 22.4 Å². The van der Waals surface area contributed by atoms with Gasteiger partial charge in [0.25, 0.3) is 0 Å². The van der Waals surface area contributed by atoms with Gasteiger partial charge in [-0.05, 0) is 54.7 Å². The first kappa shape index (κ1) is 13.5. The molecule has 0 aliphatic heterocycles. The van der Waals surface area contributed by atoms with E-state index in [4.69, 9.17) is 17.3 Å². The molecular weight excluding hydrogens is 290 g/mol. The zero-order valence-corrected chi connectivity index (χ0v) is 12.6. The number of nitrogens with zero attached hydrogens (tertiary/aromatic N) is 1. The number of thiophene rings is 1. The smallest absolute Gasteiger partial charge is 0.193 e. The predicted molar refractivity (Wildman–Crippen MR) is 86.7 cm³/mol. The van der Waals surface area contributed by atoms with Crippen molar-refractivity contribution in [1.29, 1.82) is 0 Å². The minimum absolute atomic E-state index is 0.437. The summed E-state index contributed by atoms with van der Waals surface area (Å²) in [6.45, 7) is 0.557. The fourth-order valence-electron chi connectivity index (χ4n) is 2.44. The minimum atomic E-state index is 0.437. The zero-order valence-electron chi connectivity index (χ0n) is 11.0. The molecule has 3 nitrogen and oxygen atoms in total. The van der Waals surface area contributed by atoms with Gasteiger partial charge in [-0.1, -0.05) is 17.7 Å². The van der Waals surface area contributed by atoms with E-state index in [0.29, 0.717) is 12.5 Å². The van der Waals surface area contributed by atoms with E-state index in [2.05, 4.69) is 28.5 Å². The SMILES string of the molecule is NC(=NCc1ccc(Cl)s1)Nc1ccc2c(c1)CCC2. The molecule has 0 saturated heterocycles. The van der Waals surface area contributed by atoms with Crippen molar-refractivity contribution in [2.45, 2.75) is 25.8 Å². The van der Waals surface area contributed by atoms with Crippen LogP contribution in [0.5, 0.6) is 0 Å². The molecule has 0 amide bonds. The van der Waals surface area contributed by atoms with Crippen LogP contribution in [-0.2, 0) is 19.4 Å². The molecule has 0 spiro atoms. The average Bonchev–Trinajstić information content (AvgIpc) is 3.04. The number of guanidine groups is 1. The van der Waals surface area contributed by atoms with Gasteiger partial charge in [0.05, 0.1) is 10.9 Å². The molecule has 2 aromatic rings. The Bertz CT molecular complexity index is 648. The highest BCUT2D eigenvalue weighted by molar-refractivity contribution is 7.16. The van der Waals surface area contributed by atoms with E-state index in [-0.39, 0.29) is 0 Å². The second kappa shape index (κ2) is 5.85. The topological polar surface area (TPSA) is 50.4 Å². The lowest BCUT2D eigenvalue weighted by Gasteiger charge is -2.07. The van der Waals surface area contributed by atoms with Crippen LogP contribution in [0.25, 0.3) is 0 Å². The molecule has 3 rings (SSSR count). The fraction of sp³-hybridized carbons (Fsp3) is 0.267. The Labute approximate surface area is 127 Å². The second-order valence-corrected chi connectivity index (χ2v) is 6.67. The summed E-state index contributed by atoms with van der Waals surface area (Å²) < 4.78 is 0.778.